The molecule has 0 bridgehead atoms. The lowest BCUT2D eigenvalue weighted by molar-refractivity contribution is -0.140. The minimum Gasteiger partial charge on any atom is -0.507 e. The summed E-state index contributed by atoms with van der Waals surface area (Å²) < 4.78 is 17.5. The summed E-state index contributed by atoms with van der Waals surface area (Å²) in [5.74, 6) is -3.68. The Hall–Kier alpha value is -5.15. The van der Waals surface area contributed by atoms with E-state index in [-0.39, 0.29) is 40.7 Å². The molecule has 222 valence electrons. The van der Waals surface area contributed by atoms with Crippen molar-refractivity contribution in [2.24, 2.45) is 5.92 Å². The zero-order valence-electron chi connectivity index (χ0n) is 23.9. The number of hydrogen-bond acceptors (Lipinski definition) is 8. The first kappa shape index (κ1) is 28.9. The fourth-order valence-corrected chi connectivity index (χ4v) is 6.01. The quantitative estimate of drug-likeness (QED) is 0.250. The van der Waals surface area contributed by atoms with E-state index in [1.165, 1.54) is 20.1 Å². The molecule has 10 heteroatoms. The van der Waals surface area contributed by atoms with Gasteiger partial charge in [-0.3, -0.25) is 19.2 Å². The van der Waals surface area contributed by atoms with Crippen LogP contribution >= 0.6 is 11.6 Å². The number of carbonyl (C=O) groups excluding carboxylic acids is 4. The second kappa shape index (κ2) is 10.8. The van der Waals surface area contributed by atoms with Crippen LogP contribution in [0, 0.1) is 5.92 Å². The van der Waals surface area contributed by atoms with Gasteiger partial charge in [0.25, 0.3) is 5.91 Å². The molecular weight excluding hydrogens is 586 g/mol. The molecule has 0 fully saturated rings. The molecule has 1 unspecified atom stereocenters. The summed E-state index contributed by atoms with van der Waals surface area (Å²) in [6, 6.07) is 19.5. The van der Waals surface area contributed by atoms with Crippen molar-refractivity contribution in [2.45, 2.75) is 25.8 Å². The van der Waals surface area contributed by atoms with Gasteiger partial charge < -0.3 is 24.6 Å². The molecular formula is C34H26ClNO8. The van der Waals surface area contributed by atoms with Crippen molar-refractivity contribution in [3.05, 3.63) is 100 Å². The van der Waals surface area contributed by atoms with Crippen molar-refractivity contribution in [2.75, 3.05) is 7.11 Å². The molecule has 4 aromatic rings. The summed E-state index contributed by atoms with van der Waals surface area (Å²) in [5, 5.41) is 16.0. The smallest absolute Gasteiger partial charge is 0.259 e. The zero-order chi connectivity index (χ0) is 31.3. The molecule has 2 atom stereocenters. The van der Waals surface area contributed by atoms with E-state index < -0.39 is 34.6 Å². The molecule has 2 aliphatic rings. The van der Waals surface area contributed by atoms with E-state index >= 15 is 0 Å². The lowest BCUT2D eigenvalue weighted by Crippen LogP contribution is -2.47. The first-order valence-corrected chi connectivity index (χ1v) is 14.1. The van der Waals surface area contributed by atoms with Gasteiger partial charge in [0.2, 0.25) is 0 Å². The van der Waals surface area contributed by atoms with Crippen molar-refractivity contribution >= 4 is 45.6 Å². The number of fused-ring (bicyclic) bond motifs is 4. The van der Waals surface area contributed by atoms with Crippen molar-refractivity contribution < 1.29 is 38.5 Å². The average molecular weight is 612 g/mol. The first-order valence-electron chi connectivity index (χ1n) is 13.7. The molecule has 4 aromatic carbocycles. The van der Waals surface area contributed by atoms with E-state index in [4.69, 9.17) is 25.8 Å². The molecule has 2 N–H and O–H groups in total. The molecule has 44 heavy (non-hydrogen) atoms. The number of aromatic hydroxyl groups is 1. The van der Waals surface area contributed by atoms with Crippen LogP contribution in [-0.2, 0) is 26.3 Å². The van der Waals surface area contributed by atoms with E-state index in [1.54, 1.807) is 18.2 Å². The van der Waals surface area contributed by atoms with E-state index in [0.717, 1.165) is 29.3 Å². The van der Waals surface area contributed by atoms with Crippen molar-refractivity contribution in [1.29, 1.82) is 0 Å². The largest absolute Gasteiger partial charge is 0.507 e. The number of benzene rings is 4. The number of phenols is 1. The maximum absolute atomic E-state index is 13.8. The Kier molecular flexibility index (Phi) is 7.13. The molecule has 1 amide bonds. The predicted octanol–water partition coefficient (Wildman–Crippen LogP) is 5.82. The number of para-hydroxylation sites is 1. The highest BCUT2D eigenvalue weighted by Crippen LogP contribution is 2.56. The summed E-state index contributed by atoms with van der Waals surface area (Å²) in [6.07, 6.45) is 1.08. The van der Waals surface area contributed by atoms with Crippen LogP contribution in [0.4, 0.5) is 0 Å². The monoisotopic (exact) mass is 611 g/mol. The first-order chi connectivity index (χ1) is 21.1. The van der Waals surface area contributed by atoms with E-state index in [9.17, 15) is 24.3 Å². The third kappa shape index (κ3) is 4.48. The molecule has 1 aliphatic heterocycles. The van der Waals surface area contributed by atoms with Gasteiger partial charge in [-0.1, -0.05) is 54.1 Å². The Labute approximate surface area is 257 Å². The molecule has 0 spiro atoms. The van der Waals surface area contributed by atoms with Crippen molar-refractivity contribution in [1.82, 2.24) is 5.32 Å². The maximum atomic E-state index is 13.8. The van der Waals surface area contributed by atoms with Gasteiger partial charge in [0.05, 0.1) is 17.7 Å². The Balaban J connectivity index is 1.35. The maximum Gasteiger partial charge on any atom is 0.259 e. The van der Waals surface area contributed by atoms with Crippen molar-refractivity contribution in [3.63, 3.8) is 0 Å². The van der Waals surface area contributed by atoms with Gasteiger partial charge in [0.1, 0.15) is 51.4 Å². The number of ketones is 3. The topological polar surface area (TPSA) is 128 Å². The van der Waals surface area contributed by atoms with Crippen LogP contribution in [0.2, 0.25) is 5.02 Å². The highest BCUT2D eigenvalue weighted by Gasteiger charge is 2.58. The summed E-state index contributed by atoms with van der Waals surface area (Å²) in [7, 11) is 1.33. The molecule has 0 saturated heterocycles. The summed E-state index contributed by atoms with van der Waals surface area (Å²) >= 11 is 6.30. The van der Waals surface area contributed by atoms with Crippen LogP contribution in [0.25, 0.3) is 10.8 Å². The predicted molar refractivity (Wildman–Crippen MR) is 162 cm³/mol. The Morgan fingerprint density at radius 2 is 1.70 bits per heavy atom. The normalized spacial score (nSPS) is 18.6. The second-order valence-electron chi connectivity index (χ2n) is 10.7. The third-order valence-electron chi connectivity index (χ3n) is 8.07. The number of hydrogen-bond donors (Lipinski definition) is 2. The fraction of sp³-hybridized carbons (Fsp3) is 0.176. The number of ether oxygens (including phenoxy) is 3. The highest BCUT2D eigenvalue weighted by molar-refractivity contribution is 6.32. The average Bonchev–Trinajstić information content (AvgIpc) is 3.30. The molecule has 1 aliphatic carbocycles. The molecule has 0 aromatic heterocycles. The van der Waals surface area contributed by atoms with Crippen LogP contribution in [0.1, 0.15) is 35.3 Å². The summed E-state index contributed by atoms with van der Waals surface area (Å²) in [5.41, 5.74) is -0.952. The fourth-order valence-electron chi connectivity index (χ4n) is 5.84. The van der Waals surface area contributed by atoms with Gasteiger partial charge in [0.15, 0.2) is 17.3 Å². The van der Waals surface area contributed by atoms with Crippen LogP contribution in [0.5, 0.6) is 28.7 Å². The van der Waals surface area contributed by atoms with Gasteiger partial charge in [-0.05, 0) is 43.0 Å². The van der Waals surface area contributed by atoms with Gasteiger partial charge in [-0.15, -0.1) is 0 Å². The van der Waals surface area contributed by atoms with Crippen LogP contribution in [-0.4, -0.2) is 35.5 Å². The van der Waals surface area contributed by atoms with Gasteiger partial charge in [-0.2, -0.15) is 0 Å². The highest BCUT2D eigenvalue weighted by atomic mass is 35.5. The number of methoxy groups -OCH3 is 1. The van der Waals surface area contributed by atoms with Gasteiger partial charge >= 0.3 is 0 Å². The Morgan fingerprint density at radius 3 is 2.41 bits per heavy atom. The molecule has 0 saturated carbocycles. The lowest BCUT2D eigenvalue weighted by Gasteiger charge is -2.30. The van der Waals surface area contributed by atoms with Gasteiger partial charge in [-0.25, -0.2) is 0 Å². The molecule has 1 heterocycles. The van der Waals surface area contributed by atoms with Crippen LogP contribution in [0.15, 0.2) is 78.6 Å². The minimum absolute atomic E-state index is 0.00293. The van der Waals surface area contributed by atoms with Crippen molar-refractivity contribution in [3.8, 4) is 28.7 Å². The molecule has 0 radical (unpaired) electrons. The summed E-state index contributed by atoms with van der Waals surface area (Å²) in [6.45, 7) is 2.71. The number of nitrogens with one attached hydrogen (secondary N) is 1. The van der Waals surface area contributed by atoms with Gasteiger partial charge in [0, 0.05) is 24.1 Å². The van der Waals surface area contributed by atoms with Crippen LogP contribution in [0.3, 0.4) is 0 Å². The van der Waals surface area contributed by atoms with E-state index in [2.05, 4.69) is 5.32 Å². The second-order valence-corrected chi connectivity index (χ2v) is 11.1. The standard InChI is InChI=1S/C34H26ClNO8/c1-17(37)28-22(38)15-27-34(2,32(28)40)30-23(39)14-26(42-3)29(31(30)44-27)33(41)36-16-18-12-13-24(20-9-5-4-8-19(18)20)43-25-11-7-6-10-21(25)35/h4-15,28,39H,16H2,1-3H3,(H,36,41)/t28?,34-/m1/s1. The Morgan fingerprint density at radius 1 is 1.00 bits per heavy atom. The third-order valence-corrected chi connectivity index (χ3v) is 8.38. The van der Waals surface area contributed by atoms with E-state index in [0.29, 0.717) is 16.5 Å². The van der Waals surface area contributed by atoms with Crippen LogP contribution < -0.4 is 19.5 Å². The number of amides is 1. The number of halogens is 1. The molecule has 6 rings (SSSR count). The SMILES string of the molecule is COc1cc(O)c2c(c1C(=O)NCc1ccc(Oc3ccccc3Cl)c3ccccc13)OC1=CC(=O)C(C(C)=O)C(=O)[C@]12C. The zero-order valence-corrected chi connectivity index (χ0v) is 24.7. The number of carbonyl (C=O) groups is 4. The minimum atomic E-state index is -1.65. The number of allylic oxidation sites excluding steroid dienone is 2. The van der Waals surface area contributed by atoms with E-state index in [1.807, 2.05) is 42.5 Å². The number of Topliss-reactive ketones (excluding diaryl/α,β-unsaturated/α-hetero) is 2. The number of rotatable bonds is 7. The Bertz CT molecular complexity index is 1950. The lowest BCUT2D eigenvalue weighted by atomic mass is 9.67. The number of phenolic OH excluding ortho intramolecular Hbond substituents is 1. The molecule has 9 nitrogen and oxygen atoms in total. The summed E-state index contributed by atoms with van der Waals surface area (Å²) in [4.78, 5) is 52.1.